The Balaban J connectivity index is 0.00000162. The van der Waals surface area contributed by atoms with Crippen molar-refractivity contribution in [3.05, 3.63) is 21.9 Å². The van der Waals surface area contributed by atoms with Crippen LogP contribution in [0.3, 0.4) is 0 Å². The Morgan fingerprint density at radius 3 is 3.17 bits per heavy atom. The fourth-order valence-corrected chi connectivity index (χ4v) is 3.20. The molecular formula is C12H19ClN2O2S. The van der Waals surface area contributed by atoms with E-state index in [1.807, 2.05) is 0 Å². The second-order valence-corrected chi connectivity index (χ2v) is 5.21. The average molecular weight is 291 g/mol. The minimum atomic E-state index is -0.543. The molecule has 0 spiro atoms. The van der Waals surface area contributed by atoms with E-state index in [9.17, 15) is 4.79 Å². The van der Waals surface area contributed by atoms with E-state index in [1.54, 1.807) is 11.3 Å². The van der Waals surface area contributed by atoms with Gasteiger partial charge in [-0.25, -0.2) is 0 Å². The van der Waals surface area contributed by atoms with Gasteiger partial charge in [-0.05, 0) is 36.3 Å². The van der Waals surface area contributed by atoms with E-state index < -0.39 is 6.10 Å². The van der Waals surface area contributed by atoms with Gasteiger partial charge in [-0.1, -0.05) is 0 Å². The molecule has 0 aromatic carbocycles. The molecule has 2 rings (SSSR count). The number of hydrogen-bond acceptors (Lipinski definition) is 4. The predicted octanol–water partition coefficient (Wildman–Crippen LogP) is 1.64. The number of methoxy groups -OCH3 is 1. The number of carbonyl (C=O) groups is 1. The van der Waals surface area contributed by atoms with Crippen LogP contribution in [0.4, 0.5) is 0 Å². The lowest BCUT2D eigenvalue weighted by Crippen LogP contribution is -2.42. The standard InChI is InChI=1S/C12H18N2O2S.ClH/c1-16-10(7-13)12(15)14-9-3-2-4-11-8(9)5-6-17-11;/h5-6,9-10H,2-4,7,13H2,1H3,(H,14,15);1H. The lowest BCUT2D eigenvalue weighted by molar-refractivity contribution is -0.131. The number of aryl methyl sites for hydroxylation is 1. The maximum atomic E-state index is 11.9. The molecule has 0 radical (unpaired) electrons. The van der Waals surface area contributed by atoms with E-state index in [-0.39, 0.29) is 30.9 Å². The molecule has 102 valence electrons. The maximum absolute atomic E-state index is 11.9. The van der Waals surface area contributed by atoms with Gasteiger partial charge in [0.25, 0.3) is 5.91 Å². The summed E-state index contributed by atoms with van der Waals surface area (Å²) in [4.78, 5) is 13.3. The van der Waals surface area contributed by atoms with Gasteiger partial charge in [0.05, 0.1) is 6.04 Å². The largest absolute Gasteiger partial charge is 0.370 e. The molecule has 1 aliphatic carbocycles. The molecule has 1 heterocycles. The number of hydrogen-bond donors (Lipinski definition) is 2. The van der Waals surface area contributed by atoms with E-state index in [2.05, 4.69) is 16.8 Å². The third-order valence-corrected chi connectivity index (χ3v) is 4.16. The van der Waals surface area contributed by atoms with Crippen molar-refractivity contribution in [1.82, 2.24) is 5.32 Å². The highest BCUT2D eigenvalue weighted by Crippen LogP contribution is 2.33. The highest BCUT2D eigenvalue weighted by atomic mass is 35.5. The summed E-state index contributed by atoms with van der Waals surface area (Å²) in [6.45, 7) is 0.214. The molecule has 1 aromatic heterocycles. The van der Waals surface area contributed by atoms with Gasteiger partial charge in [-0.2, -0.15) is 0 Å². The van der Waals surface area contributed by atoms with E-state index in [0.29, 0.717) is 0 Å². The molecule has 0 fully saturated rings. The number of carbonyl (C=O) groups excluding carboxylic acids is 1. The van der Waals surface area contributed by atoms with Crippen molar-refractivity contribution in [3.63, 3.8) is 0 Å². The van der Waals surface area contributed by atoms with Crippen LogP contribution >= 0.6 is 23.7 Å². The summed E-state index contributed by atoms with van der Waals surface area (Å²) in [5.41, 5.74) is 6.75. The first-order chi connectivity index (χ1) is 8.26. The molecule has 1 aromatic rings. The minimum Gasteiger partial charge on any atom is -0.370 e. The molecule has 4 nitrogen and oxygen atoms in total. The van der Waals surface area contributed by atoms with Crippen LogP contribution in [0, 0.1) is 0 Å². The topological polar surface area (TPSA) is 64.3 Å². The van der Waals surface area contributed by atoms with Crippen molar-refractivity contribution >= 4 is 29.7 Å². The molecule has 0 saturated heterocycles. The van der Waals surface area contributed by atoms with Crippen LogP contribution in [-0.2, 0) is 16.0 Å². The fraction of sp³-hybridized carbons (Fsp3) is 0.583. The second-order valence-electron chi connectivity index (χ2n) is 4.21. The molecule has 3 N–H and O–H groups in total. The first-order valence-electron chi connectivity index (χ1n) is 5.85. The summed E-state index contributed by atoms with van der Waals surface area (Å²) in [5.74, 6) is -0.112. The first-order valence-corrected chi connectivity index (χ1v) is 6.73. The number of rotatable bonds is 4. The van der Waals surface area contributed by atoms with Crippen molar-refractivity contribution in [2.45, 2.75) is 31.4 Å². The second kappa shape index (κ2) is 7.09. The van der Waals surface area contributed by atoms with Crippen LogP contribution in [0.15, 0.2) is 11.4 Å². The average Bonchev–Trinajstić information content (AvgIpc) is 2.80. The molecule has 0 bridgehead atoms. The van der Waals surface area contributed by atoms with Gasteiger partial charge in [0.15, 0.2) is 0 Å². The highest BCUT2D eigenvalue weighted by molar-refractivity contribution is 7.10. The highest BCUT2D eigenvalue weighted by Gasteiger charge is 2.25. The number of halogens is 1. The fourth-order valence-electron chi connectivity index (χ4n) is 2.21. The van der Waals surface area contributed by atoms with Crippen molar-refractivity contribution < 1.29 is 9.53 Å². The third-order valence-electron chi connectivity index (χ3n) is 3.16. The molecule has 6 heteroatoms. The number of thiophene rings is 1. The number of fused-ring (bicyclic) bond motifs is 1. The summed E-state index contributed by atoms with van der Waals surface area (Å²) < 4.78 is 5.04. The van der Waals surface area contributed by atoms with Gasteiger partial charge in [0, 0.05) is 18.5 Å². The summed E-state index contributed by atoms with van der Waals surface area (Å²) >= 11 is 1.77. The zero-order valence-electron chi connectivity index (χ0n) is 10.3. The summed E-state index contributed by atoms with van der Waals surface area (Å²) in [6, 6.07) is 2.23. The minimum absolute atomic E-state index is 0. The van der Waals surface area contributed by atoms with Crippen LogP contribution < -0.4 is 11.1 Å². The quantitative estimate of drug-likeness (QED) is 0.886. The van der Waals surface area contributed by atoms with Gasteiger partial charge in [0.2, 0.25) is 0 Å². The van der Waals surface area contributed by atoms with Crippen LogP contribution in [-0.4, -0.2) is 25.7 Å². The summed E-state index contributed by atoms with van der Waals surface area (Å²) in [7, 11) is 1.51. The van der Waals surface area contributed by atoms with Crippen LogP contribution in [0.2, 0.25) is 0 Å². The Labute approximate surface area is 117 Å². The Kier molecular flexibility index (Phi) is 6.08. The smallest absolute Gasteiger partial charge is 0.250 e. The SMILES string of the molecule is COC(CN)C(=O)NC1CCCc2sccc21.Cl. The Bertz CT molecular complexity index is 393. The molecule has 18 heavy (non-hydrogen) atoms. The third kappa shape index (κ3) is 3.23. The Hall–Kier alpha value is -0.620. The van der Waals surface area contributed by atoms with E-state index in [1.165, 1.54) is 17.6 Å². The summed E-state index contributed by atoms with van der Waals surface area (Å²) in [5, 5.41) is 5.11. The number of nitrogens with one attached hydrogen (secondary N) is 1. The van der Waals surface area contributed by atoms with Gasteiger partial charge in [-0.15, -0.1) is 23.7 Å². The zero-order valence-corrected chi connectivity index (χ0v) is 12.0. The number of amides is 1. The molecule has 1 aliphatic rings. The van der Waals surface area contributed by atoms with Crippen LogP contribution in [0.5, 0.6) is 0 Å². The van der Waals surface area contributed by atoms with Crippen LogP contribution in [0.25, 0.3) is 0 Å². The molecule has 0 saturated carbocycles. The molecule has 2 unspecified atom stereocenters. The van der Waals surface area contributed by atoms with Gasteiger partial charge in [0.1, 0.15) is 6.10 Å². The van der Waals surface area contributed by atoms with Gasteiger partial charge in [-0.3, -0.25) is 4.79 Å². The molecule has 0 aliphatic heterocycles. The van der Waals surface area contributed by atoms with Gasteiger partial charge < -0.3 is 15.8 Å². The molecular weight excluding hydrogens is 272 g/mol. The predicted molar refractivity (Wildman–Crippen MR) is 75.2 cm³/mol. The van der Waals surface area contributed by atoms with E-state index in [4.69, 9.17) is 10.5 Å². The Morgan fingerprint density at radius 2 is 2.50 bits per heavy atom. The Morgan fingerprint density at radius 1 is 1.72 bits per heavy atom. The lowest BCUT2D eigenvalue weighted by atomic mass is 9.94. The number of ether oxygens (including phenoxy) is 1. The summed E-state index contributed by atoms with van der Waals surface area (Å²) in [6.07, 6.45) is 2.71. The lowest BCUT2D eigenvalue weighted by Gasteiger charge is -2.25. The van der Waals surface area contributed by atoms with Gasteiger partial charge >= 0.3 is 0 Å². The normalized spacial score (nSPS) is 19.6. The van der Waals surface area contributed by atoms with E-state index >= 15 is 0 Å². The first kappa shape index (κ1) is 15.4. The maximum Gasteiger partial charge on any atom is 0.250 e. The zero-order chi connectivity index (χ0) is 12.3. The van der Waals surface area contributed by atoms with Crippen LogP contribution in [0.1, 0.15) is 29.3 Å². The van der Waals surface area contributed by atoms with Crippen molar-refractivity contribution in [2.75, 3.05) is 13.7 Å². The monoisotopic (exact) mass is 290 g/mol. The van der Waals surface area contributed by atoms with Crippen molar-refractivity contribution in [3.8, 4) is 0 Å². The van der Waals surface area contributed by atoms with E-state index in [0.717, 1.165) is 19.3 Å². The van der Waals surface area contributed by atoms with Crippen molar-refractivity contribution in [1.29, 1.82) is 0 Å². The molecule has 1 amide bonds. The van der Waals surface area contributed by atoms with Crippen molar-refractivity contribution in [2.24, 2.45) is 5.73 Å². The molecule has 2 atom stereocenters. The number of nitrogens with two attached hydrogens (primary N) is 1.